The predicted molar refractivity (Wildman–Crippen MR) is 259 cm³/mol. The van der Waals surface area contributed by atoms with Crippen molar-refractivity contribution >= 4 is 119 Å². The van der Waals surface area contributed by atoms with E-state index >= 15 is 0 Å². The van der Waals surface area contributed by atoms with Gasteiger partial charge in [-0.25, -0.2) is 0 Å². The summed E-state index contributed by atoms with van der Waals surface area (Å²) in [5, 5.41) is 20.8. The highest BCUT2D eigenvalue weighted by atomic mass is 14.9. The molecule has 0 unspecified atom stereocenters. The van der Waals surface area contributed by atoms with Crippen molar-refractivity contribution in [3.8, 4) is 11.1 Å². The van der Waals surface area contributed by atoms with Crippen molar-refractivity contribution in [1.82, 2.24) is 8.80 Å². The van der Waals surface area contributed by atoms with E-state index in [2.05, 4.69) is 194 Å². The second-order valence-electron chi connectivity index (χ2n) is 18.2. The Labute approximate surface area is 346 Å². The Kier molecular flexibility index (Phi) is 6.18. The van der Waals surface area contributed by atoms with Crippen molar-refractivity contribution in [3.63, 3.8) is 0 Å². The average molecular weight is 765 g/mol. The fraction of sp³-hybridized carbons (Fsp3) is 0.103. The molecule has 4 aromatic heterocycles. The highest BCUT2D eigenvalue weighted by Gasteiger charge is 2.23. The molecule has 2 heteroatoms. The minimum atomic E-state index is 0.468. The maximum atomic E-state index is 2.57. The van der Waals surface area contributed by atoms with E-state index < -0.39 is 0 Å². The smallest absolute Gasteiger partial charge is 0.0626 e. The third-order valence-electron chi connectivity index (χ3n) is 14.2. The number of hydrogen-bond donors (Lipinski definition) is 0. The van der Waals surface area contributed by atoms with E-state index in [-0.39, 0.29) is 0 Å². The molecule has 10 aromatic carbocycles. The van der Waals surface area contributed by atoms with Gasteiger partial charge >= 0.3 is 0 Å². The van der Waals surface area contributed by atoms with Gasteiger partial charge in [-0.1, -0.05) is 131 Å². The van der Waals surface area contributed by atoms with Crippen molar-refractivity contribution in [2.75, 3.05) is 0 Å². The molecule has 2 nitrogen and oxygen atoms in total. The lowest BCUT2D eigenvalue weighted by molar-refractivity contribution is 0.869. The van der Waals surface area contributed by atoms with Crippen LogP contribution in [-0.2, 0) is 0 Å². The number of rotatable bonds is 3. The first-order chi connectivity index (χ1) is 29.4. The molecule has 0 amide bonds. The molecule has 0 atom stereocenters. The normalized spacial score (nSPS) is 13.0. The number of aromatic nitrogens is 2. The second kappa shape index (κ2) is 11.3. The molecule has 14 aromatic rings. The fourth-order valence-corrected chi connectivity index (χ4v) is 11.1. The number of hydrogen-bond acceptors (Lipinski definition) is 0. The number of benzene rings is 10. The quantitative estimate of drug-likeness (QED) is 0.169. The zero-order valence-electron chi connectivity index (χ0n) is 34.1. The van der Waals surface area contributed by atoms with E-state index in [0.717, 1.165) is 0 Å². The Hall–Kier alpha value is -7.16. The summed E-state index contributed by atoms with van der Waals surface area (Å²) in [7, 11) is 0. The Morgan fingerprint density at radius 3 is 1.38 bits per heavy atom. The highest BCUT2D eigenvalue weighted by Crippen LogP contribution is 2.47. The van der Waals surface area contributed by atoms with Crippen LogP contribution in [0.1, 0.15) is 50.7 Å². The van der Waals surface area contributed by atoms with E-state index in [9.17, 15) is 0 Å². The van der Waals surface area contributed by atoms with Gasteiger partial charge in [0.25, 0.3) is 0 Å². The van der Waals surface area contributed by atoms with Crippen LogP contribution >= 0.6 is 0 Å². The van der Waals surface area contributed by atoms with Crippen LogP contribution in [0.2, 0.25) is 0 Å². The van der Waals surface area contributed by atoms with Crippen LogP contribution in [0.25, 0.3) is 130 Å². The lowest BCUT2D eigenvalue weighted by Crippen LogP contribution is -1.88. The van der Waals surface area contributed by atoms with Gasteiger partial charge in [0.05, 0.1) is 33.1 Å². The second-order valence-corrected chi connectivity index (χ2v) is 18.2. The van der Waals surface area contributed by atoms with Gasteiger partial charge in [0.15, 0.2) is 0 Å². The van der Waals surface area contributed by atoms with Crippen LogP contribution in [0.3, 0.4) is 0 Å². The standard InChI is InChI=1S/C58H40N2/c1-31(2)33-12-14-38-28-53-50(25-41(38)20-33)47-19-18-44(56-51-26-42-21-34(32(3)4)13-15-39(42)29-55(51)60(53)58(47)56)40-17-16-37-24-49-46-11-7-10-45-48-23-35-8-5-6-9-36(35)27-52(48)59(57(45)46)54(49)30-43(37)22-40/h5-32H,1-4H3. The maximum Gasteiger partial charge on any atom is 0.0626 e. The molecule has 0 bridgehead atoms. The zero-order valence-corrected chi connectivity index (χ0v) is 34.1. The molecule has 0 radical (unpaired) electrons. The minimum Gasteiger partial charge on any atom is -0.308 e. The lowest BCUT2D eigenvalue weighted by atomic mass is 9.93. The van der Waals surface area contributed by atoms with Crippen molar-refractivity contribution in [3.05, 3.63) is 169 Å². The van der Waals surface area contributed by atoms with Crippen LogP contribution in [0.5, 0.6) is 0 Å². The first-order valence-electron chi connectivity index (χ1n) is 21.5. The number of fused-ring (bicyclic) bond motifs is 16. The largest absolute Gasteiger partial charge is 0.308 e. The van der Waals surface area contributed by atoms with Crippen molar-refractivity contribution in [1.29, 1.82) is 0 Å². The molecule has 14 rings (SSSR count). The maximum absolute atomic E-state index is 2.57. The van der Waals surface area contributed by atoms with Gasteiger partial charge in [0.2, 0.25) is 0 Å². The van der Waals surface area contributed by atoms with Gasteiger partial charge in [0.1, 0.15) is 0 Å². The topological polar surface area (TPSA) is 8.82 Å². The fourth-order valence-electron chi connectivity index (χ4n) is 11.1. The van der Waals surface area contributed by atoms with Crippen LogP contribution in [0.4, 0.5) is 0 Å². The van der Waals surface area contributed by atoms with Gasteiger partial charge in [0, 0.05) is 43.1 Å². The molecule has 282 valence electrons. The molecule has 0 saturated heterocycles. The molecule has 0 saturated carbocycles. The molecule has 0 aliphatic carbocycles. The van der Waals surface area contributed by atoms with Gasteiger partial charge in [-0.3, -0.25) is 0 Å². The summed E-state index contributed by atoms with van der Waals surface area (Å²) in [5.74, 6) is 0.953. The molecule has 0 aliphatic rings. The van der Waals surface area contributed by atoms with Gasteiger partial charge in [-0.2, -0.15) is 0 Å². The summed E-state index contributed by atoms with van der Waals surface area (Å²) in [4.78, 5) is 0. The van der Waals surface area contributed by atoms with E-state index in [1.165, 1.54) is 142 Å². The van der Waals surface area contributed by atoms with Crippen molar-refractivity contribution in [2.24, 2.45) is 0 Å². The molecule has 0 spiro atoms. The van der Waals surface area contributed by atoms with E-state index in [4.69, 9.17) is 0 Å². The van der Waals surface area contributed by atoms with Gasteiger partial charge in [-0.15, -0.1) is 0 Å². The molecule has 0 aliphatic heterocycles. The SMILES string of the molecule is CC(C)c1ccc2cc3c(cc2c1)c1ccc(-c2ccc4cc5c6cccc7c8cc9ccccc9cc8n(c5cc4c2)c76)c2c4cc5cc(C(C)C)ccc5cc4n3c12. The molecule has 0 fully saturated rings. The van der Waals surface area contributed by atoms with Crippen LogP contribution in [0, 0.1) is 0 Å². The molecular formula is C58H40N2. The zero-order chi connectivity index (χ0) is 39.7. The Balaban J connectivity index is 1.07. The minimum absolute atomic E-state index is 0.468. The van der Waals surface area contributed by atoms with Crippen LogP contribution < -0.4 is 0 Å². The molecular weight excluding hydrogens is 725 g/mol. The van der Waals surface area contributed by atoms with E-state index in [0.29, 0.717) is 11.8 Å². The van der Waals surface area contributed by atoms with Crippen molar-refractivity contribution < 1.29 is 0 Å². The summed E-state index contributed by atoms with van der Waals surface area (Å²) in [6, 6.07) is 61.0. The Morgan fingerprint density at radius 2 is 0.767 bits per heavy atom. The van der Waals surface area contributed by atoms with E-state index in [1.807, 2.05) is 0 Å². The predicted octanol–water partition coefficient (Wildman–Crippen LogP) is 16.5. The monoisotopic (exact) mass is 764 g/mol. The van der Waals surface area contributed by atoms with Crippen molar-refractivity contribution in [2.45, 2.75) is 39.5 Å². The summed E-state index contributed by atoms with van der Waals surface area (Å²) < 4.78 is 5.10. The first kappa shape index (κ1) is 32.8. The lowest BCUT2D eigenvalue weighted by Gasteiger charge is -2.10. The Morgan fingerprint density at radius 1 is 0.317 bits per heavy atom. The summed E-state index contributed by atoms with van der Waals surface area (Å²) in [6.45, 7) is 9.14. The average Bonchev–Trinajstić information content (AvgIpc) is 3.98. The van der Waals surface area contributed by atoms with Crippen LogP contribution in [0.15, 0.2) is 158 Å². The first-order valence-corrected chi connectivity index (χ1v) is 21.5. The summed E-state index contributed by atoms with van der Waals surface area (Å²) in [6.07, 6.45) is 0. The van der Waals surface area contributed by atoms with Crippen LogP contribution in [-0.4, -0.2) is 8.80 Å². The Bertz CT molecular complexity index is 4170. The highest BCUT2D eigenvalue weighted by molar-refractivity contribution is 6.30. The number of nitrogens with zero attached hydrogens (tertiary/aromatic N) is 2. The third kappa shape index (κ3) is 4.18. The van der Waals surface area contributed by atoms with E-state index in [1.54, 1.807) is 0 Å². The molecule has 4 heterocycles. The molecule has 0 N–H and O–H groups in total. The van der Waals surface area contributed by atoms with Gasteiger partial charge < -0.3 is 8.80 Å². The van der Waals surface area contributed by atoms with Gasteiger partial charge in [-0.05, 0) is 132 Å². The molecule has 60 heavy (non-hydrogen) atoms. The number of para-hydroxylation sites is 1. The third-order valence-corrected chi connectivity index (χ3v) is 14.2. The summed E-state index contributed by atoms with van der Waals surface area (Å²) >= 11 is 0. The summed E-state index contributed by atoms with van der Waals surface area (Å²) in [5.41, 5.74) is 13.0.